The van der Waals surface area contributed by atoms with Crippen LogP contribution in [0.1, 0.15) is 140 Å². The summed E-state index contributed by atoms with van der Waals surface area (Å²) in [7, 11) is 1.98. The zero-order chi connectivity index (χ0) is 61.7. The zero-order valence-corrected chi connectivity index (χ0v) is 51.5. The number of aliphatic hydroxyl groups is 1. The van der Waals surface area contributed by atoms with Gasteiger partial charge in [-0.25, -0.2) is 13.8 Å². The van der Waals surface area contributed by atoms with Gasteiger partial charge in [-0.05, 0) is 93.1 Å². The van der Waals surface area contributed by atoms with Crippen LogP contribution >= 0.6 is 11.3 Å². The highest BCUT2D eigenvalue weighted by Gasteiger charge is 2.45. The number of aromatic nitrogens is 4. The Balaban J connectivity index is 0.642. The van der Waals surface area contributed by atoms with Crippen molar-refractivity contribution in [2.45, 2.75) is 173 Å². The number of ether oxygens (including phenoxy) is 1. The summed E-state index contributed by atoms with van der Waals surface area (Å²) >= 11 is 1.58. The molecule has 2 unspecified atom stereocenters. The number of carbonyl (C=O) groups excluding carboxylic acids is 4. The summed E-state index contributed by atoms with van der Waals surface area (Å²) in [6.45, 7) is 11.6. The van der Waals surface area contributed by atoms with Crippen LogP contribution in [-0.4, -0.2) is 146 Å². The number of amides is 4. The molecule has 462 valence electrons. The number of aryl methyl sites for hydroxylation is 1. The molecule has 6 N–H and O–H groups in total. The highest BCUT2D eigenvalue weighted by molar-refractivity contribution is 7.13. The number of hydrogen-bond donors (Lipinski definition) is 6. The van der Waals surface area contributed by atoms with Crippen molar-refractivity contribution in [1.29, 1.82) is 0 Å². The van der Waals surface area contributed by atoms with E-state index in [2.05, 4.69) is 51.9 Å². The van der Waals surface area contributed by atoms with Crippen molar-refractivity contribution in [1.82, 2.24) is 51.0 Å². The number of nitrogens with zero attached hydrogens (tertiary/aromatic N) is 7. The number of piperazine rings is 1. The lowest BCUT2D eigenvalue weighted by molar-refractivity contribution is -0.144. The van der Waals surface area contributed by atoms with Gasteiger partial charge in [0.15, 0.2) is 5.82 Å². The highest BCUT2D eigenvalue weighted by atomic mass is 32.1. The number of unbranched alkanes of at least 4 members (excludes halogenated alkanes) is 7. The van der Waals surface area contributed by atoms with E-state index in [-0.39, 0.29) is 119 Å². The number of β-amino-alcohol motifs (C(OH)–C–C–N with tert-alkyl or cyclic N) is 1. The van der Waals surface area contributed by atoms with E-state index in [0.29, 0.717) is 55.5 Å². The van der Waals surface area contributed by atoms with Crippen molar-refractivity contribution < 1.29 is 42.9 Å². The molecule has 4 amide bonds. The largest absolute Gasteiger partial charge is 0.508 e. The minimum absolute atomic E-state index is 0.00171. The SMILES string of the molecule is C#Cc1c(F)ccc2cc(O)cc(-c3ncc4c(N5CC6CCC(C5)N6)nc(OC[C@@H]5C[C@@H](NC(=O)CCCCCCCCCCC(=O)N[C@H](C(=O)N6C[C@H](O)C[C@H]6C(=O)N[C@@H](C)c6ccc(-c7scnc7C)cc6)C(C)(C)C)CN5C)nc4c3F)c12. The predicted octanol–water partition coefficient (Wildman–Crippen LogP) is 9.02. The van der Waals surface area contributed by atoms with E-state index in [1.165, 1.54) is 35.4 Å². The maximum atomic E-state index is 17.1. The lowest BCUT2D eigenvalue weighted by Gasteiger charge is -2.35. The summed E-state index contributed by atoms with van der Waals surface area (Å²) in [5, 5.41) is 35.3. The molecule has 4 aliphatic rings. The number of likely N-dealkylation sites (N-methyl/N-ethyl adjacent to an activating group) is 1. The summed E-state index contributed by atoms with van der Waals surface area (Å²) in [6.07, 6.45) is 17.1. The summed E-state index contributed by atoms with van der Waals surface area (Å²) in [5.41, 5.74) is 3.96. The normalized spacial score (nSPS) is 21.1. The fourth-order valence-corrected chi connectivity index (χ4v) is 13.8. The van der Waals surface area contributed by atoms with E-state index >= 15 is 8.78 Å². The van der Waals surface area contributed by atoms with Gasteiger partial charge in [-0.1, -0.05) is 95.5 Å². The number of aromatic hydroxyl groups is 1. The van der Waals surface area contributed by atoms with Gasteiger partial charge in [0.1, 0.15) is 47.3 Å². The Morgan fingerprint density at radius 3 is 2.24 bits per heavy atom. The van der Waals surface area contributed by atoms with Crippen LogP contribution in [0, 0.1) is 36.3 Å². The second-order valence-electron chi connectivity index (χ2n) is 25.3. The van der Waals surface area contributed by atoms with Crippen molar-refractivity contribution in [3.63, 3.8) is 0 Å². The molecule has 7 heterocycles. The fourth-order valence-electron chi connectivity index (χ4n) is 13.0. The van der Waals surface area contributed by atoms with Crippen LogP contribution in [0.5, 0.6) is 11.8 Å². The number of terminal acetylenes is 1. The number of fused-ring (bicyclic) bond motifs is 4. The van der Waals surface area contributed by atoms with Crippen molar-refractivity contribution >= 4 is 62.5 Å². The Bertz CT molecular complexity index is 3520. The monoisotopic (exact) mass is 1210 g/mol. The topological polar surface area (TPSA) is 227 Å². The van der Waals surface area contributed by atoms with Crippen LogP contribution in [0.4, 0.5) is 14.6 Å². The lowest BCUT2D eigenvalue weighted by Crippen LogP contribution is -2.57. The van der Waals surface area contributed by atoms with Gasteiger partial charge < -0.3 is 46.0 Å². The molecule has 0 saturated carbocycles. The van der Waals surface area contributed by atoms with E-state index in [1.54, 1.807) is 11.3 Å². The summed E-state index contributed by atoms with van der Waals surface area (Å²) in [6, 6.07) is 11.6. The smallest absolute Gasteiger partial charge is 0.319 e. The Morgan fingerprint density at radius 2 is 1.57 bits per heavy atom. The van der Waals surface area contributed by atoms with E-state index in [1.807, 2.05) is 71.4 Å². The second-order valence-corrected chi connectivity index (χ2v) is 26.2. The number of pyridine rings is 1. The molecular weight excluding hydrogens is 1130 g/mol. The van der Waals surface area contributed by atoms with Gasteiger partial charge >= 0.3 is 6.01 Å². The van der Waals surface area contributed by atoms with Gasteiger partial charge in [-0.15, -0.1) is 17.8 Å². The average Bonchev–Trinajstić information content (AvgIpc) is 1.37. The predicted molar refractivity (Wildman–Crippen MR) is 333 cm³/mol. The van der Waals surface area contributed by atoms with Gasteiger partial charge in [0, 0.05) is 86.8 Å². The molecule has 21 heteroatoms. The van der Waals surface area contributed by atoms with E-state index < -0.39 is 35.2 Å². The number of rotatable bonds is 23. The van der Waals surface area contributed by atoms with Crippen molar-refractivity contribution in [2.24, 2.45) is 5.41 Å². The number of thiazole rings is 1. The minimum Gasteiger partial charge on any atom is -0.508 e. The van der Waals surface area contributed by atoms with Crippen LogP contribution in [0.3, 0.4) is 0 Å². The molecule has 2 bridgehead atoms. The van der Waals surface area contributed by atoms with E-state index in [0.717, 1.165) is 79.5 Å². The molecule has 0 radical (unpaired) electrons. The number of halogens is 2. The first kappa shape index (κ1) is 62.7. The number of phenolic OH excluding ortho intramolecular Hbond substituents is 1. The Hall–Kier alpha value is -7.38. The number of anilines is 1. The van der Waals surface area contributed by atoms with Crippen molar-refractivity contribution in [3.05, 3.63) is 88.7 Å². The lowest BCUT2D eigenvalue weighted by atomic mass is 9.85. The maximum Gasteiger partial charge on any atom is 0.319 e. The molecule has 3 aromatic carbocycles. The van der Waals surface area contributed by atoms with Crippen LogP contribution in [-0.2, 0) is 19.2 Å². The Labute approximate surface area is 511 Å². The first-order valence-electron chi connectivity index (χ1n) is 30.7. The van der Waals surface area contributed by atoms with E-state index in [9.17, 15) is 29.4 Å². The van der Waals surface area contributed by atoms with Crippen LogP contribution in [0.2, 0.25) is 0 Å². The summed E-state index contributed by atoms with van der Waals surface area (Å²) in [4.78, 5) is 79.6. The van der Waals surface area contributed by atoms with Crippen molar-refractivity contribution in [2.75, 3.05) is 44.7 Å². The molecule has 4 saturated heterocycles. The third-order valence-electron chi connectivity index (χ3n) is 17.7. The molecule has 4 aliphatic heterocycles. The third-order valence-corrected chi connectivity index (χ3v) is 18.7. The molecule has 0 aliphatic carbocycles. The van der Waals surface area contributed by atoms with Gasteiger partial charge in [0.2, 0.25) is 23.6 Å². The van der Waals surface area contributed by atoms with Crippen LogP contribution < -0.4 is 30.9 Å². The molecule has 3 aromatic heterocycles. The summed E-state index contributed by atoms with van der Waals surface area (Å²) < 4.78 is 38.5. The van der Waals surface area contributed by atoms with Gasteiger partial charge in [0.25, 0.3) is 0 Å². The minimum atomic E-state index is -0.888. The highest BCUT2D eigenvalue weighted by Crippen LogP contribution is 2.40. The Morgan fingerprint density at radius 1 is 0.885 bits per heavy atom. The van der Waals surface area contributed by atoms with Crippen LogP contribution in [0.15, 0.2) is 60.2 Å². The van der Waals surface area contributed by atoms with Gasteiger partial charge in [-0.3, -0.25) is 29.1 Å². The van der Waals surface area contributed by atoms with Gasteiger partial charge in [0.05, 0.1) is 39.2 Å². The maximum absolute atomic E-state index is 17.1. The summed E-state index contributed by atoms with van der Waals surface area (Å²) in [5.74, 6) is 0.325. The number of nitrogens with one attached hydrogen (secondary N) is 4. The quantitative estimate of drug-likeness (QED) is 0.0260. The molecule has 0 spiro atoms. The first-order chi connectivity index (χ1) is 41.7. The molecule has 87 heavy (non-hydrogen) atoms. The number of likely N-dealkylation sites (tertiary alicyclic amines) is 2. The third kappa shape index (κ3) is 14.6. The number of carbonyl (C=O) groups is 4. The Kier molecular flexibility index (Phi) is 19.7. The van der Waals surface area contributed by atoms with Crippen LogP contribution in [0.25, 0.3) is 43.4 Å². The molecule has 6 aromatic rings. The second kappa shape index (κ2) is 27.3. The molecular formula is C66H81F2N11O7S. The van der Waals surface area contributed by atoms with Gasteiger partial charge in [-0.2, -0.15) is 9.97 Å². The first-order valence-corrected chi connectivity index (χ1v) is 31.6. The molecule has 4 fully saturated rings. The number of benzene rings is 3. The van der Waals surface area contributed by atoms with Crippen molar-refractivity contribution in [3.8, 4) is 45.8 Å². The molecule has 10 rings (SSSR count). The number of hydrogen-bond acceptors (Lipinski definition) is 15. The standard InChI is InChI=1S/C66H81F2N11O7S/c1-8-49-52(67)26-23-42-27-47(80)29-50(56(42)49)58-57(68)59-51(31-69-58)62(78-33-43-24-25-44(34-78)72-43)76-65(75-59)86-36-46-28-45(32-77(46)7)73-54(82)17-15-13-11-9-10-12-14-16-18-55(83)74-61(66(4,5)6)64(85)79-35-48(81)30-53(79)63(84)71-38(2)40-19-21-41(22-20-40)60-39(3)70-37-87-60/h1,19-23,26-27,29,31,37-38,43-46,48,53,61,72,80-81H,9-18,24-25,28,30,32-36H2,2-7H3,(H,71,84)(H,73,82)(H,74,83)/t38-,43?,44?,45+,46-,48+,53-,61+/m0/s1. The number of aliphatic hydroxyl groups excluding tert-OH is 1. The average molecular weight is 1210 g/mol. The van der Waals surface area contributed by atoms with E-state index in [4.69, 9.17) is 16.1 Å². The number of phenols is 1. The zero-order valence-electron chi connectivity index (χ0n) is 50.6. The fraction of sp³-hybridized carbons (Fsp3) is 0.515. The molecule has 18 nitrogen and oxygen atoms in total. The molecule has 8 atom stereocenters.